The number of halogens is 1. The second-order valence-electron chi connectivity index (χ2n) is 9.38. The molecule has 0 saturated carbocycles. The number of aryl methyl sites for hydroxylation is 2. The molecule has 2 heterocycles. The number of alkyl halides is 1. The monoisotopic (exact) mass is 491 g/mol. The molecule has 1 saturated heterocycles. The van der Waals surface area contributed by atoms with Crippen LogP contribution in [0.1, 0.15) is 58.2 Å². The van der Waals surface area contributed by atoms with Crippen LogP contribution in [0.5, 0.6) is 0 Å². The third-order valence-corrected chi connectivity index (χ3v) is 7.00. The number of aromatic nitrogens is 3. The van der Waals surface area contributed by atoms with Gasteiger partial charge in [0.1, 0.15) is 11.5 Å². The van der Waals surface area contributed by atoms with Gasteiger partial charge in [-0.05, 0) is 48.4 Å². The number of carbonyl (C=O) groups is 1. The van der Waals surface area contributed by atoms with Crippen LogP contribution in [0.15, 0.2) is 41.4 Å². The van der Waals surface area contributed by atoms with Gasteiger partial charge in [0.15, 0.2) is 5.82 Å². The number of nitrogens with zero attached hydrogens (tertiary/aromatic N) is 4. The van der Waals surface area contributed by atoms with Crippen molar-refractivity contribution >= 4 is 12.6 Å². The summed E-state index contributed by atoms with van der Waals surface area (Å²) in [5.74, 6) is 1.31. The van der Waals surface area contributed by atoms with Gasteiger partial charge in [0.25, 0.3) is 5.91 Å². The van der Waals surface area contributed by atoms with Crippen molar-refractivity contribution in [2.45, 2.75) is 51.7 Å². The molecule has 36 heavy (non-hydrogen) atoms. The van der Waals surface area contributed by atoms with E-state index >= 15 is 4.39 Å². The highest BCUT2D eigenvalue weighted by molar-refractivity contribution is 5.97. The molecule has 4 rings (SSSR count). The zero-order valence-corrected chi connectivity index (χ0v) is 21.3. The van der Waals surface area contributed by atoms with E-state index in [0.717, 1.165) is 34.5 Å². The minimum absolute atomic E-state index is 0.0787. The number of aliphatic imine (C=N–C) groups is 1. The fraction of sp³-hybridized carbons (Fsp3) is 0.429. The predicted molar refractivity (Wildman–Crippen MR) is 139 cm³/mol. The van der Waals surface area contributed by atoms with Crippen LogP contribution in [-0.4, -0.2) is 59.5 Å². The summed E-state index contributed by atoms with van der Waals surface area (Å²) in [6, 6.07) is 11.4. The Hall–Kier alpha value is -3.39. The molecule has 1 aliphatic rings. The van der Waals surface area contributed by atoms with Crippen molar-refractivity contribution in [3.8, 4) is 11.4 Å². The van der Waals surface area contributed by atoms with Gasteiger partial charge in [-0.25, -0.2) is 4.39 Å². The summed E-state index contributed by atoms with van der Waals surface area (Å²) in [5.41, 5.74) is 3.70. The number of amides is 1. The highest BCUT2D eigenvalue weighted by Gasteiger charge is 2.38. The standard InChI is InChI=1S/C28H34FN5O2/c1-5-21-16-19(2)23(17-24(21)26-31-25(32-33-26)10-15-36-4)27(35)34-13-11-28(29,12-14-34)22-8-6-20(7-9-22)18-30-3/h6-9,16-17H,3,5,10-15,18H2,1-2,4H3,(H,31,32,33). The summed E-state index contributed by atoms with van der Waals surface area (Å²) in [5, 5.41) is 8.54. The highest BCUT2D eigenvalue weighted by Crippen LogP contribution is 2.38. The number of benzene rings is 2. The molecule has 190 valence electrons. The first-order valence-electron chi connectivity index (χ1n) is 12.4. The number of methoxy groups -OCH3 is 1. The first-order chi connectivity index (χ1) is 17.4. The summed E-state index contributed by atoms with van der Waals surface area (Å²) in [6.45, 7) is 9.32. The molecule has 0 spiro atoms. The molecule has 0 bridgehead atoms. The maximum Gasteiger partial charge on any atom is 0.254 e. The normalized spacial score (nSPS) is 15.2. The van der Waals surface area contributed by atoms with Crippen LogP contribution in [-0.2, 0) is 29.8 Å². The van der Waals surface area contributed by atoms with Crippen LogP contribution in [0.3, 0.4) is 0 Å². The van der Waals surface area contributed by atoms with Crippen LogP contribution < -0.4 is 0 Å². The summed E-state index contributed by atoms with van der Waals surface area (Å²) in [4.78, 5) is 22.4. The fourth-order valence-corrected chi connectivity index (χ4v) is 4.80. The average Bonchev–Trinajstić information content (AvgIpc) is 3.36. The Balaban J connectivity index is 1.52. The Kier molecular flexibility index (Phi) is 7.94. The molecule has 1 aromatic heterocycles. The molecule has 7 nitrogen and oxygen atoms in total. The highest BCUT2D eigenvalue weighted by atomic mass is 19.1. The zero-order chi connectivity index (χ0) is 25.7. The van der Waals surface area contributed by atoms with Crippen LogP contribution in [0.25, 0.3) is 11.4 Å². The van der Waals surface area contributed by atoms with Gasteiger partial charge in [-0.3, -0.25) is 9.79 Å². The predicted octanol–water partition coefficient (Wildman–Crippen LogP) is 4.83. The molecule has 8 heteroatoms. The minimum Gasteiger partial charge on any atom is -0.384 e. The van der Waals surface area contributed by atoms with Crippen LogP contribution >= 0.6 is 0 Å². The van der Waals surface area contributed by atoms with Crippen LogP contribution in [0, 0.1) is 6.92 Å². The molecule has 0 unspecified atom stereocenters. The minimum atomic E-state index is -1.44. The fourth-order valence-electron chi connectivity index (χ4n) is 4.80. The van der Waals surface area contributed by atoms with Gasteiger partial charge < -0.3 is 14.6 Å². The first-order valence-corrected chi connectivity index (χ1v) is 12.4. The first kappa shape index (κ1) is 25.7. The molecule has 0 radical (unpaired) electrons. The van der Waals surface area contributed by atoms with Crippen molar-refractivity contribution in [3.05, 3.63) is 70.0 Å². The summed E-state index contributed by atoms with van der Waals surface area (Å²) < 4.78 is 20.9. The number of carbonyl (C=O) groups excluding carboxylic acids is 1. The lowest BCUT2D eigenvalue weighted by Crippen LogP contribution is -2.43. The van der Waals surface area contributed by atoms with Crippen LogP contribution in [0.2, 0.25) is 0 Å². The van der Waals surface area contributed by atoms with E-state index in [1.807, 2.05) is 43.3 Å². The smallest absolute Gasteiger partial charge is 0.254 e. The van der Waals surface area contributed by atoms with Gasteiger partial charge in [0.05, 0.1) is 13.2 Å². The van der Waals surface area contributed by atoms with Gasteiger partial charge in [0, 0.05) is 50.6 Å². The third kappa shape index (κ3) is 5.38. The number of hydrogen-bond donors (Lipinski definition) is 1. The number of rotatable bonds is 9. The quantitative estimate of drug-likeness (QED) is 0.435. The number of aromatic amines is 1. The molecule has 1 N–H and O–H groups in total. The number of piperidine rings is 1. The van der Waals surface area contributed by atoms with Crippen molar-refractivity contribution in [2.24, 2.45) is 4.99 Å². The van der Waals surface area contributed by atoms with E-state index < -0.39 is 5.67 Å². The molecule has 3 aromatic rings. The van der Waals surface area contributed by atoms with Crippen molar-refractivity contribution < 1.29 is 13.9 Å². The van der Waals surface area contributed by atoms with Gasteiger partial charge >= 0.3 is 0 Å². The molecule has 2 aromatic carbocycles. The van der Waals surface area contributed by atoms with E-state index in [1.165, 1.54) is 0 Å². The summed E-state index contributed by atoms with van der Waals surface area (Å²) in [7, 11) is 1.65. The van der Waals surface area contributed by atoms with E-state index in [-0.39, 0.29) is 18.7 Å². The molecule has 1 amide bonds. The second-order valence-corrected chi connectivity index (χ2v) is 9.38. The lowest BCUT2D eigenvalue weighted by atomic mass is 9.85. The Bertz CT molecular complexity index is 1210. The Morgan fingerprint density at radius 1 is 1.22 bits per heavy atom. The summed E-state index contributed by atoms with van der Waals surface area (Å²) in [6.07, 6.45) is 1.97. The summed E-state index contributed by atoms with van der Waals surface area (Å²) >= 11 is 0. The van der Waals surface area contributed by atoms with Crippen molar-refractivity contribution in [1.29, 1.82) is 0 Å². The van der Waals surface area contributed by atoms with E-state index in [9.17, 15) is 4.79 Å². The van der Waals surface area contributed by atoms with Gasteiger partial charge in [-0.15, -0.1) is 10.2 Å². The van der Waals surface area contributed by atoms with Crippen molar-refractivity contribution in [1.82, 2.24) is 20.1 Å². The molecule has 1 fully saturated rings. The van der Waals surface area contributed by atoms with E-state index in [2.05, 4.69) is 33.8 Å². The molecule has 0 atom stereocenters. The maximum atomic E-state index is 15.8. The second kappa shape index (κ2) is 11.1. The number of likely N-dealkylation sites (tertiary alicyclic amines) is 1. The van der Waals surface area contributed by atoms with E-state index in [4.69, 9.17) is 4.74 Å². The molecule has 1 aliphatic heterocycles. The number of nitrogens with one attached hydrogen (secondary N) is 1. The topological polar surface area (TPSA) is 83.5 Å². The Labute approximate surface area is 211 Å². The van der Waals surface area contributed by atoms with Gasteiger partial charge in [0.2, 0.25) is 0 Å². The number of ether oxygens (including phenoxy) is 1. The van der Waals surface area contributed by atoms with Gasteiger partial charge in [-0.1, -0.05) is 37.3 Å². The lowest BCUT2D eigenvalue weighted by molar-refractivity contribution is 0.0421. The number of hydrogen-bond acceptors (Lipinski definition) is 5. The van der Waals surface area contributed by atoms with Crippen molar-refractivity contribution in [3.63, 3.8) is 0 Å². The van der Waals surface area contributed by atoms with E-state index in [0.29, 0.717) is 49.6 Å². The van der Waals surface area contributed by atoms with Gasteiger partial charge in [-0.2, -0.15) is 0 Å². The van der Waals surface area contributed by atoms with E-state index in [1.54, 1.807) is 12.0 Å². The maximum absolute atomic E-state index is 15.8. The third-order valence-electron chi connectivity index (χ3n) is 7.00. The lowest BCUT2D eigenvalue weighted by Gasteiger charge is -2.37. The van der Waals surface area contributed by atoms with Crippen molar-refractivity contribution in [2.75, 3.05) is 26.8 Å². The average molecular weight is 492 g/mol. The molecular weight excluding hydrogens is 457 g/mol. The Morgan fingerprint density at radius 3 is 2.58 bits per heavy atom. The largest absolute Gasteiger partial charge is 0.384 e. The molecular formula is C28H34FN5O2. The number of H-pyrrole nitrogens is 1. The zero-order valence-electron chi connectivity index (χ0n) is 21.3. The SMILES string of the molecule is C=NCc1ccc(C2(F)CCN(C(=O)c3cc(-c4nnc(CCOC)[nH]4)c(CC)cc3C)CC2)cc1. The Morgan fingerprint density at radius 2 is 1.94 bits per heavy atom. The van der Waals surface area contributed by atoms with Crippen LogP contribution in [0.4, 0.5) is 4.39 Å². The molecule has 0 aliphatic carbocycles.